The number of rotatable bonds is 4. The summed E-state index contributed by atoms with van der Waals surface area (Å²) in [5, 5.41) is 6.84. The van der Waals surface area contributed by atoms with Gasteiger partial charge in [0.05, 0.1) is 0 Å². The van der Waals surface area contributed by atoms with Gasteiger partial charge in [-0.3, -0.25) is 0 Å². The summed E-state index contributed by atoms with van der Waals surface area (Å²) in [7, 11) is 0. The van der Waals surface area contributed by atoms with E-state index in [1.165, 1.54) is 51.7 Å². The molecule has 2 rings (SSSR count). The van der Waals surface area contributed by atoms with E-state index in [-0.39, 0.29) is 0 Å². The summed E-state index contributed by atoms with van der Waals surface area (Å²) < 4.78 is 0. The second-order valence-electron chi connectivity index (χ2n) is 4.17. The van der Waals surface area contributed by atoms with Crippen LogP contribution in [0.2, 0.25) is 0 Å². The molecule has 1 fully saturated rings. The Morgan fingerprint density at radius 2 is 2.31 bits per heavy atom. The lowest BCUT2D eigenvalue weighted by Crippen LogP contribution is -2.55. The second-order valence-corrected chi connectivity index (χ2v) is 4.17. The molecule has 0 saturated carbocycles. The minimum Gasteiger partial charge on any atom is -0.314 e. The van der Waals surface area contributed by atoms with E-state index in [9.17, 15) is 0 Å². The van der Waals surface area contributed by atoms with Crippen LogP contribution in [0, 0.1) is 0 Å². The third-order valence-electron chi connectivity index (χ3n) is 3.05. The van der Waals surface area contributed by atoms with E-state index >= 15 is 0 Å². The molecule has 2 heteroatoms. The third kappa shape index (κ3) is 2.82. The Morgan fingerprint density at radius 3 is 2.92 bits per heavy atom. The van der Waals surface area contributed by atoms with Crippen molar-refractivity contribution in [3.8, 4) is 0 Å². The SMILES string of the molecule is C1=C(CCNC2CNC2)CCCC1. The standard InChI is InChI=1S/C11H20N2/c1-2-4-10(5-3-1)6-7-13-11-8-12-9-11/h4,11-13H,1-3,5-9H2. The Hall–Kier alpha value is -0.340. The molecule has 0 aromatic heterocycles. The van der Waals surface area contributed by atoms with Crippen molar-refractivity contribution in [3.05, 3.63) is 11.6 Å². The van der Waals surface area contributed by atoms with Crippen molar-refractivity contribution in [3.63, 3.8) is 0 Å². The maximum absolute atomic E-state index is 3.56. The van der Waals surface area contributed by atoms with E-state index in [1.807, 2.05) is 0 Å². The first-order valence-electron chi connectivity index (χ1n) is 5.57. The van der Waals surface area contributed by atoms with E-state index in [0.717, 1.165) is 6.04 Å². The lowest BCUT2D eigenvalue weighted by atomic mass is 9.97. The van der Waals surface area contributed by atoms with Crippen LogP contribution >= 0.6 is 0 Å². The molecule has 13 heavy (non-hydrogen) atoms. The molecule has 1 saturated heterocycles. The summed E-state index contributed by atoms with van der Waals surface area (Å²) in [6.07, 6.45) is 9.21. The summed E-state index contributed by atoms with van der Waals surface area (Å²) in [5.74, 6) is 0. The van der Waals surface area contributed by atoms with E-state index in [1.54, 1.807) is 5.57 Å². The predicted molar refractivity (Wildman–Crippen MR) is 55.8 cm³/mol. The van der Waals surface area contributed by atoms with Gasteiger partial charge in [-0.1, -0.05) is 11.6 Å². The molecular weight excluding hydrogens is 160 g/mol. The number of hydrogen-bond donors (Lipinski definition) is 2. The minimum absolute atomic E-state index is 0.754. The number of hydrogen-bond acceptors (Lipinski definition) is 2. The fourth-order valence-corrected chi connectivity index (χ4v) is 2.00. The summed E-state index contributed by atoms with van der Waals surface area (Å²) in [6, 6.07) is 0.754. The first-order chi connectivity index (χ1) is 6.45. The van der Waals surface area contributed by atoms with Gasteiger partial charge in [0.15, 0.2) is 0 Å². The number of nitrogens with one attached hydrogen (secondary N) is 2. The van der Waals surface area contributed by atoms with Crippen molar-refractivity contribution in [2.45, 2.75) is 38.1 Å². The highest BCUT2D eigenvalue weighted by atomic mass is 15.1. The van der Waals surface area contributed by atoms with Gasteiger partial charge >= 0.3 is 0 Å². The predicted octanol–water partition coefficient (Wildman–Crippen LogP) is 1.44. The van der Waals surface area contributed by atoms with Gasteiger partial charge in [0.2, 0.25) is 0 Å². The zero-order valence-corrected chi connectivity index (χ0v) is 8.31. The number of allylic oxidation sites excluding steroid dienone is 1. The van der Waals surface area contributed by atoms with E-state index in [2.05, 4.69) is 16.7 Å². The van der Waals surface area contributed by atoms with Crippen LogP contribution in [0.1, 0.15) is 32.1 Å². The van der Waals surface area contributed by atoms with Crippen molar-refractivity contribution < 1.29 is 0 Å². The molecule has 0 radical (unpaired) electrons. The van der Waals surface area contributed by atoms with Crippen LogP contribution < -0.4 is 10.6 Å². The summed E-state index contributed by atoms with van der Waals surface area (Å²) >= 11 is 0. The van der Waals surface area contributed by atoms with Gasteiger partial charge in [-0.25, -0.2) is 0 Å². The molecule has 1 heterocycles. The summed E-state index contributed by atoms with van der Waals surface area (Å²) in [4.78, 5) is 0. The van der Waals surface area contributed by atoms with Gasteiger partial charge in [0.25, 0.3) is 0 Å². The average molecular weight is 180 g/mol. The Morgan fingerprint density at radius 1 is 1.38 bits per heavy atom. The van der Waals surface area contributed by atoms with Crippen LogP contribution in [0.4, 0.5) is 0 Å². The van der Waals surface area contributed by atoms with Crippen molar-refractivity contribution in [1.82, 2.24) is 10.6 Å². The average Bonchev–Trinajstić information content (AvgIpc) is 2.11. The zero-order chi connectivity index (χ0) is 8.93. The minimum atomic E-state index is 0.754. The molecule has 1 aliphatic heterocycles. The van der Waals surface area contributed by atoms with Gasteiger partial charge in [0.1, 0.15) is 0 Å². The smallest absolute Gasteiger partial charge is 0.0317 e. The largest absolute Gasteiger partial charge is 0.314 e. The van der Waals surface area contributed by atoms with Crippen molar-refractivity contribution in [2.75, 3.05) is 19.6 Å². The molecule has 2 N–H and O–H groups in total. The van der Waals surface area contributed by atoms with Gasteiger partial charge in [-0.15, -0.1) is 0 Å². The highest BCUT2D eigenvalue weighted by Gasteiger charge is 2.15. The van der Waals surface area contributed by atoms with Crippen molar-refractivity contribution >= 4 is 0 Å². The van der Waals surface area contributed by atoms with Crippen LogP contribution in [0.5, 0.6) is 0 Å². The molecule has 0 aromatic carbocycles. The topological polar surface area (TPSA) is 24.1 Å². The van der Waals surface area contributed by atoms with Crippen LogP contribution in [-0.4, -0.2) is 25.7 Å². The monoisotopic (exact) mass is 180 g/mol. The normalized spacial score (nSPS) is 23.8. The van der Waals surface area contributed by atoms with E-state index in [4.69, 9.17) is 0 Å². The fourth-order valence-electron chi connectivity index (χ4n) is 2.00. The quantitative estimate of drug-likeness (QED) is 0.640. The molecule has 0 spiro atoms. The van der Waals surface area contributed by atoms with Gasteiger partial charge in [-0.05, 0) is 38.6 Å². The maximum atomic E-state index is 3.56. The molecule has 2 aliphatic rings. The van der Waals surface area contributed by atoms with Gasteiger partial charge < -0.3 is 10.6 Å². The summed E-state index contributed by atoms with van der Waals surface area (Å²) in [5.41, 5.74) is 1.69. The Bertz CT molecular complexity index is 183. The van der Waals surface area contributed by atoms with Crippen molar-refractivity contribution in [1.29, 1.82) is 0 Å². The van der Waals surface area contributed by atoms with E-state index in [0.29, 0.717) is 0 Å². The van der Waals surface area contributed by atoms with Crippen molar-refractivity contribution in [2.24, 2.45) is 0 Å². The Kier molecular flexibility index (Phi) is 3.39. The zero-order valence-electron chi connectivity index (χ0n) is 8.31. The highest BCUT2D eigenvalue weighted by molar-refractivity contribution is 5.05. The van der Waals surface area contributed by atoms with Gasteiger partial charge in [-0.2, -0.15) is 0 Å². The first-order valence-corrected chi connectivity index (χ1v) is 5.57. The van der Waals surface area contributed by atoms with E-state index < -0.39 is 0 Å². The Balaban J connectivity index is 1.58. The molecule has 0 bridgehead atoms. The van der Waals surface area contributed by atoms with Crippen LogP contribution in [0.25, 0.3) is 0 Å². The lowest BCUT2D eigenvalue weighted by Gasteiger charge is -2.28. The van der Waals surface area contributed by atoms with Gasteiger partial charge in [0, 0.05) is 19.1 Å². The molecule has 0 amide bonds. The maximum Gasteiger partial charge on any atom is 0.0317 e. The first kappa shape index (κ1) is 9.22. The highest BCUT2D eigenvalue weighted by Crippen LogP contribution is 2.19. The van der Waals surface area contributed by atoms with Crippen LogP contribution in [0.3, 0.4) is 0 Å². The molecule has 0 atom stereocenters. The molecule has 0 unspecified atom stereocenters. The van der Waals surface area contributed by atoms with Crippen LogP contribution in [0.15, 0.2) is 11.6 Å². The molecule has 2 nitrogen and oxygen atoms in total. The molecule has 0 aromatic rings. The molecule has 74 valence electrons. The Labute approximate surface area is 80.8 Å². The van der Waals surface area contributed by atoms with Crippen LogP contribution in [-0.2, 0) is 0 Å². The second kappa shape index (κ2) is 4.77. The summed E-state index contributed by atoms with van der Waals surface area (Å²) in [6.45, 7) is 3.51. The molecule has 1 aliphatic carbocycles. The third-order valence-corrected chi connectivity index (χ3v) is 3.05. The lowest BCUT2D eigenvalue weighted by molar-refractivity contribution is 0.368. The molecular formula is C11H20N2. The fraction of sp³-hybridized carbons (Fsp3) is 0.818.